The van der Waals surface area contributed by atoms with Crippen LogP contribution in [0.15, 0.2) is 17.3 Å². The summed E-state index contributed by atoms with van der Waals surface area (Å²) in [5, 5.41) is 3.33. The van der Waals surface area contributed by atoms with E-state index in [2.05, 4.69) is 29.1 Å². The number of anilines is 1. The van der Waals surface area contributed by atoms with Crippen LogP contribution in [0.1, 0.15) is 20.3 Å². The van der Waals surface area contributed by atoms with E-state index in [9.17, 15) is 0 Å². The maximum Gasteiger partial charge on any atom is 0.222 e. The Morgan fingerprint density at radius 3 is 2.43 bits per heavy atom. The molecule has 0 aliphatic heterocycles. The minimum absolute atomic E-state index is 0.418. The monoisotopic (exact) mass is 209 g/mol. The van der Waals surface area contributed by atoms with Gasteiger partial charge in [0.2, 0.25) is 5.95 Å². The van der Waals surface area contributed by atoms with Crippen LogP contribution in [0.2, 0.25) is 0 Å². The van der Waals surface area contributed by atoms with Gasteiger partial charge >= 0.3 is 0 Å². The summed E-state index contributed by atoms with van der Waals surface area (Å²) < 4.78 is 0. The number of nitrogens with zero attached hydrogens (tertiary/aromatic N) is 2. The van der Waals surface area contributed by atoms with Crippen molar-refractivity contribution in [1.82, 2.24) is 9.97 Å². The highest BCUT2D eigenvalue weighted by atomic mass is 32.2. The van der Waals surface area contributed by atoms with Gasteiger partial charge in [-0.05, 0) is 18.1 Å². The fraction of sp³-hybridized carbons (Fsp3) is 0.600. The average molecular weight is 209 g/mol. The number of hydrogen-bond acceptors (Lipinski definition) is 4. The minimum atomic E-state index is 0.418. The van der Waals surface area contributed by atoms with Gasteiger partial charge in [0, 0.05) is 23.3 Å². The fourth-order valence-electron chi connectivity index (χ4n) is 1.37. The van der Waals surface area contributed by atoms with E-state index in [0.717, 1.165) is 10.8 Å². The molecular formula is C10H15N3S. The molecule has 1 aromatic heterocycles. The Bertz CT molecular complexity index is 321. The zero-order chi connectivity index (χ0) is 10.2. The van der Waals surface area contributed by atoms with Crippen LogP contribution < -0.4 is 5.32 Å². The average Bonchev–Trinajstić information content (AvgIpc) is 2.75. The van der Waals surface area contributed by atoms with E-state index in [1.54, 1.807) is 11.8 Å². The molecule has 1 atom stereocenters. The van der Waals surface area contributed by atoms with Gasteiger partial charge in [-0.25, -0.2) is 9.97 Å². The van der Waals surface area contributed by atoms with Crippen molar-refractivity contribution in [3.8, 4) is 0 Å². The van der Waals surface area contributed by atoms with Gasteiger partial charge in [0.15, 0.2) is 0 Å². The largest absolute Gasteiger partial charge is 0.351 e. The summed E-state index contributed by atoms with van der Waals surface area (Å²) in [6.45, 7) is 4.50. The summed E-state index contributed by atoms with van der Waals surface area (Å²) >= 11 is 1.66. The van der Waals surface area contributed by atoms with Crippen LogP contribution in [0, 0.1) is 5.41 Å². The summed E-state index contributed by atoms with van der Waals surface area (Å²) in [4.78, 5) is 9.61. The second kappa shape index (κ2) is 3.42. The van der Waals surface area contributed by atoms with Gasteiger partial charge < -0.3 is 5.32 Å². The first kappa shape index (κ1) is 9.77. The summed E-state index contributed by atoms with van der Waals surface area (Å²) in [6.07, 6.45) is 6.95. The first-order valence-electron chi connectivity index (χ1n) is 4.74. The summed E-state index contributed by atoms with van der Waals surface area (Å²) in [5.74, 6) is 0.748. The molecular weight excluding hydrogens is 194 g/mol. The lowest BCUT2D eigenvalue weighted by atomic mass is 10.2. The first-order chi connectivity index (χ1) is 6.62. The summed E-state index contributed by atoms with van der Waals surface area (Å²) in [7, 11) is 0. The molecule has 2 rings (SSSR count). The second-order valence-electron chi connectivity index (χ2n) is 4.34. The molecule has 1 aromatic rings. The molecule has 1 aliphatic carbocycles. The van der Waals surface area contributed by atoms with Gasteiger partial charge in [0.05, 0.1) is 0 Å². The topological polar surface area (TPSA) is 37.8 Å². The molecule has 1 saturated carbocycles. The second-order valence-corrected chi connectivity index (χ2v) is 5.22. The molecule has 3 nitrogen and oxygen atoms in total. The Balaban J connectivity index is 1.98. The molecule has 0 radical (unpaired) electrons. The molecule has 1 unspecified atom stereocenters. The van der Waals surface area contributed by atoms with Crippen molar-refractivity contribution in [3.05, 3.63) is 12.4 Å². The smallest absolute Gasteiger partial charge is 0.222 e. The molecule has 1 fully saturated rings. The lowest BCUT2D eigenvalue weighted by molar-refractivity contribution is 0.628. The predicted molar refractivity (Wildman–Crippen MR) is 59.6 cm³/mol. The highest BCUT2D eigenvalue weighted by molar-refractivity contribution is 7.98. The van der Waals surface area contributed by atoms with Gasteiger partial charge in [-0.15, -0.1) is 11.8 Å². The Hall–Kier alpha value is -0.770. The van der Waals surface area contributed by atoms with E-state index < -0.39 is 0 Å². The molecule has 1 aliphatic rings. The number of hydrogen-bond donors (Lipinski definition) is 1. The molecule has 14 heavy (non-hydrogen) atoms. The van der Waals surface area contributed by atoms with E-state index in [4.69, 9.17) is 0 Å². The van der Waals surface area contributed by atoms with Crippen LogP contribution in [-0.2, 0) is 0 Å². The maximum absolute atomic E-state index is 4.25. The zero-order valence-corrected chi connectivity index (χ0v) is 9.56. The van der Waals surface area contributed by atoms with Crippen LogP contribution in [0.25, 0.3) is 0 Å². The normalized spacial score (nSPS) is 23.2. The van der Waals surface area contributed by atoms with Gasteiger partial charge in [-0.3, -0.25) is 0 Å². The van der Waals surface area contributed by atoms with E-state index in [-0.39, 0.29) is 0 Å². The Labute approximate surface area is 88.7 Å². The van der Waals surface area contributed by atoms with Crippen LogP contribution in [0.3, 0.4) is 0 Å². The number of rotatable bonds is 3. The lowest BCUT2D eigenvalue weighted by Crippen LogP contribution is -2.10. The SMILES string of the molecule is CSc1cnc(NC2CC2(C)C)nc1. The molecule has 0 amide bonds. The Morgan fingerprint density at radius 1 is 1.43 bits per heavy atom. The minimum Gasteiger partial charge on any atom is -0.351 e. The Morgan fingerprint density at radius 2 is 2.00 bits per heavy atom. The predicted octanol–water partition coefficient (Wildman–Crippen LogP) is 2.41. The van der Waals surface area contributed by atoms with Gasteiger partial charge in [0.1, 0.15) is 0 Å². The third-order valence-corrected chi connectivity index (χ3v) is 3.36. The van der Waals surface area contributed by atoms with Gasteiger partial charge in [-0.1, -0.05) is 13.8 Å². The first-order valence-corrected chi connectivity index (χ1v) is 5.97. The molecule has 76 valence electrons. The molecule has 4 heteroatoms. The molecule has 0 aromatic carbocycles. The quantitative estimate of drug-likeness (QED) is 0.776. The van der Waals surface area contributed by atoms with E-state index in [1.807, 2.05) is 18.6 Å². The lowest BCUT2D eigenvalue weighted by Gasteiger charge is -2.06. The van der Waals surface area contributed by atoms with E-state index >= 15 is 0 Å². The number of aromatic nitrogens is 2. The third-order valence-electron chi connectivity index (χ3n) is 2.68. The summed E-state index contributed by atoms with van der Waals surface area (Å²) in [6, 6.07) is 0.544. The van der Waals surface area contributed by atoms with Crippen molar-refractivity contribution in [1.29, 1.82) is 0 Å². The van der Waals surface area contributed by atoms with Crippen molar-refractivity contribution >= 4 is 17.7 Å². The molecule has 1 heterocycles. The van der Waals surface area contributed by atoms with Crippen LogP contribution in [0.5, 0.6) is 0 Å². The van der Waals surface area contributed by atoms with E-state index in [0.29, 0.717) is 11.5 Å². The number of nitrogens with one attached hydrogen (secondary N) is 1. The van der Waals surface area contributed by atoms with Crippen molar-refractivity contribution in [3.63, 3.8) is 0 Å². The maximum atomic E-state index is 4.25. The highest BCUT2D eigenvalue weighted by Gasteiger charge is 2.46. The van der Waals surface area contributed by atoms with Gasteiger partial charge in [-0.2, -0.15) is 0 Å². The summed E-state index contributed by atoms with van der Waals surface area (Å²) in [5.41, 5.74) is 0.418. The van der Waals surface area contributed by atoms with Crippen LogP contribution in [-0.4, -0.2) is 22.3 Å². The van der Waals surface area contributed by atoms with Crippen LogP contribution >= 0.6 is 11.8 Å². The van der Waals surface area contributed by atoms with Crippen LogP contribution in [0.4, 0.5) is 5.95 Å². The van der Waals surface area contributed by atoms with E-state index in [1.165, 1.54) is 6.42 Å². The fourth-order valence-corrected chi connectivity index (χ4v) is 1.68. The van der Waals surface area contributed by atoms with Crippen molar-refractivity contribution < 1.29 is 0 Å². The third kappa shape index (κ3) is 2.00. The van der Waals surface area contributed by atoms with Gasteiger partial charge in [0.25, 0.3) is 0 Å². The Kier molecular flexibility index (Phi) is 2.39. The highest BCUT2D eigenvalue weighted by Crippen LogP contribution is 2.46. The zero-order valence-electron chi connectivity index (χ0n) is 8.74. The molecule has 1 N–H and O–H groups in total. The standard InChI is InChI=1S/C10H15N3S/c1-10(2)4-8(10)13-9-11-5-7(14-3)6-12-9/h5-6,8H,4H2,1-3H3,(H,11,12,13). The van der Waals surface area contributed by atoms with Crippen molar-refractivity contribution in [2.45, 2.75) is 31.2 Å². The molecule has 0 saturated heterocycles. The van der Waals surface area contributed by atoms with Crippen molar-refractivity contribution in [2.75, 3.05) is 11.6 Å². The van der Waals surface area contributed by atoms with Crippen molar-refractivity contribution in [2.24, 2.45) is 5.41 Å². The molecule has 0 spiro atoms. The molecule has 0 bridgehead atoms. The number of thioether (sulfide) groups is 1.